The van der Waals surface area contributed by atoms with Gasteiger partial charge in [-0.05, 0) is 43.5 Å². The number of guanidine groups is 1. The van der Waals surface area contributed by atoms with Crippen molar-refractivity contribution in [1.29, 1.82) is 0 Å². The number of nitrogens with zero attached hydrogens (tertiary/aromatic N) is 4. The van der Waals surface area contributed by atoms with E-state index in [2.05, 4.69) is 46.2 Å². The van der Waals surface area contributed by atoms with Gasteiger partial charge in [-0.15, -0.1) is 0 Å². The van der Waals surface area contributed by atoms with Gasteiger partial charge in [0.15, 0.2) is 28.7 Å². The lowest BCUT2D eigenvalue weighted by Crippen LogP contribution is -2.48. The summed E-state index contributed by atoms with van der Waals surface area (Å²) in [4.78, 5) is 156. The van der Waals surface area contributed by atoms with Crippen LogP contribution in [0.4, 0.5) is 11.6 Å². The molecule has 68 heavy (non-hydrogen) atoms. The highest BCUT2D eigenvalue weighted by Crippen LogP contribution is 2.19. The molecule has 0 aliphatic rings. The standard InChI is InChI=1S/C41H52N12O15/c1-2-28(55)27(16-32(61)62)51-37(65)21(15-31(59)60)13-29(56)25(4-3-11-45-40(42)43)49-36(64)20(14-30(57)58)12-24(54)9-10-26(39(67)68)50-35(63)19-5-7-22(8-6-19)46-17-23-18-47-34-33(48-23)38(66)53-41(44)52-34/h5-8,18,20-21,25-27,46H,2-4,9-17H2,1H3,(H,49,64)(H,50,63)(H,51,65)(H,57,58)(H,59,60)(H,61,62)(H,67,68)(H4,42,43,45)(H3,44,47,52,53,66)/t20-,21-,25-,26-,27-/m0/s1. The molecule has 0 unspecified atom stereocenters. The number of Topliss-reactive ketones (excluding diaryl/α,β-unsaturated/α-hetero) is 3. The van der Waals surface area contributed by atoms with Crippen LogP contribution in [0.25, 0.3) is 11.2 Å². The van der Waals surface area contributed by atoms with Gasteiger partial charge in [-0.3, -0.25) is 57.9 Å². The maximum Gasteiger partial charge on any atom is 0.326 e. The number of nitrogens with one attached hydrogen (secondary N) is 5. The van der Waals surface area contributed by atoms with Gasteiger partial charge in [-0.2, -0.15) is 4.98 Å². The second-order valence-corrected chi connectivity index (χ2v) is 15.3. The van der Waals surface area contributed by atoms with E-state index in [0.29, 0.717) is 11.4 Å². The number of carbonyl (C=O) groups excluding carboxylic acids is 6. The Morgan fingerprint density at radius 2 is 1.34 bits per heavy atom. The highest BCUT2D eigenvalue weighted by molar-refractivity contribution is 5.98. The number of carbonyl (C=O) groups is 10. The smallest absolute Gasteiger partial charge is 0.326 e. The number of rotatable bonds is 30. The number of aliphatic imine (C=N–C) groups is 1. The van der Waals surface area contributed by atoms with Gasteiger partial charge < -0.3 is 58.9 Å². The van der Waals surface area contributed by atoms with Crippen molar-refractivity contribution in [3.63, 3.8) is 0 Å². The summed E-state index contributed by atoms with van der Waals surface area (Å²) in [5.74, 6) is -15.2. The molecule has 1 aromatic carbocycles. The van der Waals surface area contributed by atoms with Crippen LogP contribution in [0.3, 0.4) is 0 Å². The van der Waals surface area contributed by atoms with E-state index >= 15 is 0 Å². The van der Waals surface area contributed by atoms with Crippen molar-refractivity contribution in [2.24, 2.45) is 28.3 Å². The number of fused-ring (bicyclic) bond motifs is 1. The summed E-state index contributed by atoms with van der Waals surface area (Å²) in [5.41, 5.74) is 16.6. The molecule has 2 heterocycles. The highest BCUT2D eigenvalue weighted by Gasteiger charge is 2.34. The van der Waals surface area contributed by atoms with Crippen LogP contribution < -0.4 is 44.0 Å². The molecule has 5 atom stereocenters. The molecule has 0 fully saturated rings. The number of ketones is 3. The zero-order valence-corrected chi connectivity index (χ0v) is 36.6. The fraction of sp³-hybridized carbons (Fsp3) is 0.439. The molecule has 0 radical (unpaired) electrons. The van der Waals surface area contributed by atoms with Crippen LogP contribution in [0.5, 0.6) is 0 Å². The minimum atomic E-state index is -1.66. The predicted molar refractivity (Wildman–Crippen MR) is 236 cm³/mol. The van der Waals surface area contributed by atoms with E-state index in [9.17, 15) is 73.2 Å². The van der Waals surface area contributed by atoms with Gasteiger partial charge in [0.05, 0.1) is 61.6 Å². The van der Waals surface area contributed by atoms with Gasteiger partial charge in [0.2, 0.25) is 17.8 Å². The van der Waals surface area contributed by atoms with Crippen LogP contribution in [0, 0.1) is 11.8 Å². The lowest BCUT2D eigenvalue weighted by Gasteiger charge is -2.24. The predicted octanol–water partition coefficient (Wildman–Crippen LogP) is -1.55. The topological polar surface area (TPSA) is 462 Å². The van der Waals surface area contributed by atoms with Crippen LogP contribution in [0.1, 0.15) is 87.2 Å². The summed E-state index contributed by atoms with van der Waals surface area (Å²) in [7, 11) is 0. The molecule has 3 rings (SSSR count). The van der Waals surface area contributed by atoms with Crippen LogP contribution in [0.15, 0.2) is 40.2 Å². The van der Waals surface area contributed by atoms with Crippen molar-refractivity contribution in [3.05, 3.63) is 52.1 Å². The molecule has 0 aliphatic heterocycles. The van der Waals surface area contributed by atoms with Crippen molar-refractivity contribution >= 4 is 87.7 Å². The molecule has 3 aromatic rings. The third-order valence-electron chi connectivity index (χ3n) is 10.0. The summed E-state index contributed by atoms with van der Waals surface area (Å²) in [6.45, 7) is 1.45. The normalized spacial score (nSPS) is 13.1. The average Bonchev–Trinajstić information content (AvgIpc) is 3.26. The Labute approximate surface area is 385 Å². The molecule has 0 spiro atoms. The fourth-order valence-electron chi connectivity index (χ4n) is 6.55. The van der Waals surface area contributed by atoms with Gasteiger partial charge in [0, 0.05) is 43.5 Å². The number of amides is 3. The van der Waals surface area contributed by atoms with Gasteiger partial charge in [0.1, 0.15) is 11.8 Å². The summed E-state index contributed by atoms with van der Waals surface area (Å²) < 4.78 is 0. The minimum Gasteiger partial charge on any atom is -0.481 e. The largest absolute Gasteiger partial charge is 0.481 e. The maximum atomic E-state index is 13.7. The Balaban J connectivity index is 1.68. The first-order valence-corrected chi connectivity index (χ1v) is 20.8. The molecular formula is C41H52N12O15. The number of aromatic nitrogens is 4. The SMILES string of the molecule is CCC(=O)[C@H](CC(=O)O)NC(=O)[C@H](CC(=O)O)CC(=O)[C@H](CCCN=C(N)N)NC(=O)[C@H](CC(=O)O)CC(=O)CC[C@H](NC(=O)c1ccc(NCc2cnc3nc(N)[nH]c(=O)c3n2)cc1)C(=O)O. The van der Waals surface area contributed by atoms with E-state index in [4.69, 9.17) is 17.2 Å². The first-order valence-electron chi connectivity index (χ1n) is 20.8. The number of aliphatic carboxylic acids is 4. The molecule has 27 heteroatoms. The second kappa shape index (κ2) is 25.9. The fourth-order valence-corrected chi connectivity index (χ4v) is 6.55. The molecule has 15 N–H and O–H groups in total. The zero-order chi connectivity index (χ0) is 50.7. The van der Waals surface area contributed by atoms with E-state index in [1.54, 1.807) is 0 Å². The van der Waals surface area contributed by atoms with Crippen LogP contribution >= 0.6 is 0 Å². The van der Waals surface area contributed by atoms with E-state index in [-0.39, 0.29) is 61.0 Å². The Kier molecular flexibility index (Phi) is 20.6. The van der Waals surface area contributed by atoms with E-state index in [1.807, 2.05) is 0 Å². The Hall–Kier alpha value is -8.39. The Bertz CT molecular complexity index is 2470. The lowest BCUT2D eigenvalue weighted by molar-refractivity contribution is -0.144. The van der Waals surface area contributed by atoms with Gasteiger partial charge in [-0.25, -0.2) is 14.8 Å². The quantitative estimate of drug-likeness (QED) is 0.0204. The Morgan fingerprint density at radius 1 is 0.735 bits per heavy atom. The number of H-pyrrole nitrogens is 1. The number of hydrogen-bond acceptors (Lipinski definition) is 17. The van der Waals surface area contributed by atoms with Crippen LogP contribution in [-0.2, 0) is 49.7 Å². The third kappa shape index (κ3) is 17.9. The van der Waals surface area contributed by atoms with Crippen molar-refractivity contribution < 1.29 is 68.4 Å². The molecule has 0 saturated heterocycles. The van der Waals surface area contributed by atoms with Gasteiger partial charge in [-0.1, -0.05) is 6.92 Å². The van der Waals surface area contributed by atoms with Gasteiger partial charge >= 0.3 is 23.9 Å². The number of carboxylic acids is 4. The maximum absolute atomic E-state index is 13.7. The molecular weight excluding hydrogens is 901 g/mol. The van der Waals surface area contributed by atoms with Crippen LogP contribution in [0.2, 0.25) is 0 Å². The van der Waals surface area contributed by atoms with Crippen molar-refractivity contribution in [2.75, 3.05) is 17.6 Å². The molecule has 0 aliphatic carbocycles. The van der Waals surface area contributed by atoms with E-state index in [0.717, 1.165) is 0 Å². The molecule has 2 aromatic heterocycles. The second-order valence-electron chi connectivity index (χ2n) is 15.3. The summed E-state index contributed by atoms with van der Waals surface area (Å²) >= 11 is 0. The number of aromatic amines is 1. The lowest BCUT2D eigenvalue weighted by atomic mass is 9.91. The van der Waals surface area contributed by atoms with E-state index < -0.39 is 139 Å². The Morgan fingerprint density at radius 3 is 1.91 bits per heavy atom. The number of carboxylic acid groups (broad SMARTS) is 4. The number of hydrogen-bond donors (Lipinski definition) is 12. The summed E-state index contributed by atoms with van der Waals surface area (Å²) in [6, 6.07) is 1.11. The molecule has 3 amide bonds. The monoisotopic (exact) mass is 952 g/mol. The number of benzene rings is 1. The summed E-state index contributed by atoms with van der Waals surface area (Å²) in [6.07, 6.45) is -4.34. The number of nitrogen functional groups attached to an aromatic ring is 1. The molecule has 0 saturated carbocycles. The van der Waals surface area contributed by atoms with Crippen LogP contribution in [-0.4, -0.2) is 130 Å². The molecule has 27 nitrogen and oxygen atoms in total. The van der Waals surface area contributed by atoms with Crippen molar-refractivity contribution in [3.8, 4) is 0 Å². The van der Waals surface area contributed by atoms with Crippen molar-refractivity contribution in [2.45, 2.75) is 95.8 Å². The number of nitrogens with two attached hydrogens (primary N) is 3. The average molecular weight is 953 g/mol. The molecule has 0 bridgehead atoms. The zero-order valence-electron chi connectivity index (χ0n) is 36.6. The highest BCUT2D eigenvalue weighted by atomic mass is 16.4. The van der Waals surface area contributed by atoms with E-state index in [1.165, 1.54) is 37.4 Å². The third-order valence-corrected chi connectivity index (χ3v) is 10.0. The molecule has 366 valence electrons. The number of anilines is 2. The van der Waals surface area contributed by atoms with Gasteiger partial charge in [0.25, 0.3) is 11.5 Å². The first kappa shape index (κ1) is 53.9. The van der Waals surface area contributed by atoms with Crippen molar-refractivity contribution in [1.82, 2.24) is 35.9 Å². The minimum absolute atomic E-state index is 0.0167. The summed E-state index contributed by atoms with van der Waals surface area (Å²) in [5, 5.41) is 48.1. The first-order chi connectivity index (χ1) is 32.1.